The van der Waals surface area contributed by atoms with Crippen LogP contribution in [0.5, 0.6) is 0 Å². The van der Waals surface area contributed by atoms with Crippen LogP contribution in [0.1, 0.15) is 24.1 Å². The van der Waals surface area contributed by atoms with Crippen LogP contribution in [0.4, 0.5) is 5.82 Å². The van der Waals surface area contributed by atoms with E-state index in [1.807, 2.05) is 16.8 Å². The fourth-order valence-corrected chi connectivity index (χ4v) is 5.01. The van der Waals surface area contributed by atoms with Gasteiger partial charge in [-0.1, -0.05) is 0 Å². The zero-order valence-corrected chi connectivity index (χ0v) is 17.5. The second kappa shape index (κ2) is 7.57. The highest BCUT2D eigenvalue weighted by Crippen LogP contribution is 2.32. The van der Waals surface area contributed by atoms with Crippen molar-refractivity contribution in [3.8, 4) is 0 Å². The minimum atomic E-state index is 0.101. The second-order valence-corrected chi connectivity index (χ2v) is 8.83. The summed E-state index contributed by atoms with van der Waals surface area (Å²) in [6.45, 7) is 5.27. The molecule has 0 bridgehead atoms. The van der Waals surface area contributed by atoms with Crippen molar-refractivity contribution < 1.29 is 4.79 Å². The molecule has 0 atom stereocenters. The van der Waals surface area contributed by atoms with Crippen molar-refractivity contribution in [1.29, 1.82) is 0 Å². The van der Waals surface area contributed by atoms with E-state index in [9.17, 15) is 4.79 Å². The van der Waals surface area contributed by atoms with Crippen LogP contribution in [0.15, 0.2) is 12.3 Å². The van der Waals surface area contributed by atoms with Crippen LogP contribution >= 0.6 is 0 Å². The molecule has 5 rings (SSSR count). The number of nitrogens with zero attached hydrogens (tertiary/aromatic N) is 6. The molecule has 2 fully saturated rings. The molecule has 1 N–H and O–H groups in total. The van der Waals surface area contributed by atoms with E-state index in [1.54, 1.807) is 0 Å². The molecule has 2 aromatic rings. The van der Waals surface area contributed by atoms with Gasteiger partial charge in [0, 0.05) is 56.8 Å². The number of anilines is 1. The molecule has 0 aromatic carbocycles. The summed E-state index contributed by atoms with van der Waals surface area (Å²) in [5.74, 6) is 1.58. The Labute approximate surface area is 171 Å². The highest BCUT2D eigenvalue weighted by atomic mass is 16.2. The summed E-state index contributed by atoms with van der Waals surface area (Å²) >= 11 is 0. The molecule has 5 heterocycles. The molecular formula is C21H31N7O. The minimum Gasteiger partial charge on any atom is -0.354 e. The van der Waals surface area contributed by atoms with E-state index in [4.69, 9.17) is 4.98 Å². The molecule has 3 aliphatic heterocycles. The van der Waals surface area contributed by atoms with Gasteiger partial charge in [0.05, 0.1) is 17.8 Å². The summed E-state index contributed by atoms with van der Waals surface area (Å²) in [6, 6.07) is 2.57. The van der Waals surface area contributed by atoms with Gasteiger partial charge < -0.3 is 20.0 Å². The van der Waals surface area contributed by atoms with Crippen LogP contribution in [0.25, 0.3) is 5.65 Å². The first-order valence-corrected chi connectivity index (χ1v) is 10.9. The first-order chi connectivity index (χ1) is 14.1. The SMILES string of the molecule is CN(C)C1CCN(C(=O)C2CN(c3c4c(nc5ccnn35)CCNCC4)C2)CC1. The number of carbonyl (C=O) groups is 1. The van der Waals surface area contributed by atoms with Crippen molar-refractivity contribution in [3.63, 3.8) is 0 Å². The predicted octanol–water partition coefficient (Wildman–Crippen LogP) is 0.406. The first-order valence-electron chi connectivity index (χ1n) is 10.9. The van der Waals surface area contributed by atoms with Crippen LogP contribution in [-0.4, -0.2) is 89.7 Å². The third kappa shape index (κ3) is 3.38. The summed E-state index contributed by atoms with van der Waals surface area (Å²) in [5.41, 5.74) is 3.38. The second-order valence-electron chi connectivity index (χ2n) is 8.83. The van der Waals surface area contributed by atoms with Crippen molar-refractivity contribution in [2.75, 3.05) is 58.3 Å². The van der Waals surface area contributed by atoms with Crippen LogP contribution in [-0.2, 0) is 17.6 Å². The Kier molecular flexibility index (Phi) is 4.91. The standard InChI is InChI=1S/C21H31N7O/c1-25(2)16-6-11-26(12-7-16)21(29)15-13-27(14-15)20-17-3-8-22-9-4-18(17)24-19-5-10-23-28(19)20/h5,10,15-16,22H,3-4,6-9,11-14H2,1-2H3. The van der Waals surface area contributed by atoms with E-state index in [2.05, 4.69) is 39.2 Å². The third-order valence-corrected chi connectivity index (χ3v) is 6.82. The van der Waals surface area contributed by atoms with Gasteiger partial charge in [0.1, 0.15) is 5.82 Å². The number of hydrogen-bond donors (Lipinski definition) is 1. The lowest BCUT2D eigenvalue weighted by Gasteiger charge is -2.44. The Morgan fingerprint density at radius 2 is 1.93 bits per heavy atom. The summed E-state index contributed by atoms with van der Waals surface area (Å²) in [7, 11) is 4.27. The van der Waals surface area contributed by atoms with Gasteiger partial charge in [0.15, 0.2) is 5.65 Å². The van der Waals surface area contributed by atoms with E-state index >= 15 is 0 Å². The quantitative estimate of drug-likeness (QED) is 0.809. The molecule has 29 heavy (non-hydrogen) atoms. The molecular weight excluding hydrogens is 366 g/mol. The van der Waals surface area contributed by atoms with Gasteiger partial charge in [-0.05, 0) is 39.9 Å². The van der Waals surface area contributed by atoms with Crippen molar-refractivity contribution in [3.05, 3.63) is 23.5 Å². The van der Waals surface area contributed by atoms with Crippen LogP contribution in [0.3, 0.4) is 0 Å². The van der Waals surface area contributed by atoms with Gasteiger partial charge in [-0.2, -0.15) is 9.61 Å². The number of likely N-dealkylation sites (tertiary alicyclic amines) is 1. The number of aromatic nitrogens is 3. The number of hydrogen-bond acceptors (Lipinski definition) is 6. The van der Waals surface area contributed by atoms with Crippen LogP contribution in [0, 0.1) is 5.92 Å². The van der Waals surface area contributed by atoms with Gasteiger partial charge in [0.2, 0.25) is 5.91 Å². The van der Waals surface area contributed by atoms with Crippen molar-refractivity contribution in [2.24, 2.45) is 5.92 Å². The monoisotopic (exact) mass is 397 g/mol. The summed E-state index contributed by atoms with van der Waals surface area (Å²) < 4.78 is 1.97. The number of fused-ring (bicyclic) bond motifs is 2. The lowest BCUT2D eigenvalue weighted by molar-refractivity contribution is -0.137. The number of amides is 1. The van der Waals surface area contributed by atoms with Gasteiger partial charge >= 0.3 is 0 Å². The normalized spacial score (nSPS) is 21.3. The molecule has 3 aliphatic rings. The number of rotatable bonds is 3. The van der Waals surface area contributed by atoms with Gasteiger partial charge in [0.25, 0.3) is 0 Å². The zero-order chi connectivity index (χ0) is 20.0. The van der Waals surface area contributed by atoms with E-state index in [1.165, 1.54) is 11.3 Å². The molecule has 0 unspecified atom stereocenters. The average molecular weight is 398 g/mol. The molecule has 2 aromatic heterocycles. The summed E-state index contributed by atoms with van der Waals surface area (Å²) in [4.78, 5) is 24.6. The molecule has 1 amide bonds. The fourth-order valence-electron chi connectivity index (χ4n) is 5.01. The maximum Gasteiger partial charge on any atom is 0.229 e. The van der Waals surface area contributed by atoms with E-state index in [0.29, 0.717) is 11.9 Å². The largest absolute Gasteiger partial charge is 0.354 e. The summed E-state index contributed by atoms with van der Waals surface area (Å²) in [5, 5.41) is 8.01. The Balaban J connectivity index is 1.31. The van der Waals surface area contributed by atoms with Crippen molar-refractivity contribution in [2.45, 2.75) is 31.7 Å². The molecule has 8 nitrogen and oxygen atoms in total. The Hall–Kier alpha value is -2.19. The van der Waals surface area contributed by atoms with Crippen LogP contribution < -0.4 is 10.2 Å². The fraction of sp³-hybridized carbons (Fsp3) is 0.667. The molecule has 0 aliphatic carbocycles. The smallest absolute Gasteiger partial charge is 0.229 e. The Morgan fingerprint density at radius 1 is 1.17 bits per heavy atom. The molecule has 8 heteroatoms. The van der Waals surface area contributed by atoms with E-state index in [-0.39, 0.29) is 5.92 Å². The number of carbonyl (C=O) groups excluding carboxylic acids is 1. The average Bonchev–Trinajstić information content (AvgIpc) is 3.03. The Bertz CT molecular complexity index is 894. The lowest BCUT2D eigenvalue weighted by atomic mass is 9.95. The Morgan fingerprint density at radius 3 is 2.69 bits per heavy atom. The van der Waals surface area contributed by atoms with Gasteiger partial charge in [-0.3, -0.25) is 4.79 Å². The zero-order valence-electron chi connectivity index (χ0n) is 17.5. The third-order valence-electron chi connectivity index (χ3n) is 6.82. The maximum atomic E-state index is 13.0. The molecule has 0 saturated carbocycles. The lowest BCUT2D eigenvalue weighted by Crippen LogP contribution is -2.57. The van der Waals surface area contributed by atoms with Crippen LogP contribution in [0.2, 0.25) is 0 Å². The molecule has 0 radical (unpaired) electrons. The predicted molar refractivity (Wildman–Crippen MR) is 112 cm³/mol. The minimum absolute atomic E-state index is 0.101. The maximum absolute atomic E-state index is 13.0. The van der Waals surface area contributed by atoms with Crippen molar-refractivity contribution >= 4 is 17.4 Å². The van der Waals surface area contributed by atoms with E-state index < -0.39 is 0 Å². The molecule has 156 valence electrons. The molecule has 2 saturated heterocycles. The highest BCUT2D eigenvalue weighted by Gasteiger charge is 2.39. The highest BCUT2D eigenvalue weighted by molar-refractivity contribution is 5.82. The van der Waals surface area contributed by atoms with Gasteiger partial charge in [-0.25, -0.2) is 4.98 Å². The van der Waals surface area contributed by atoms with Crippen molar-refractivity contribution in [1.82, 2.24) is 29.7 Å². The van der Waals surface area contributed by atoms with E-state index in [0.717, 1.165) is 76.4 Å². The summed E-state index contributed by atoms with van der Waals surface area (Å²) in [6.07, 6.45) is 5.88. The number of piperidine rings is 1. The molecule has 0 spiro atoms. The topological polar surface area (TPSA) is 69.0 Å². The van der Waals surface area contributed by atoms with Gasteiger partial charge in [-0.15, -0.1) is 0 Å². The first kappa shape index (κ1) is 18.8. The number of nitrogens with one attached hydrogen (secondary N) is 1.